The van der Waals surface area contributed by atoms with E-state index in [2.05, 4.69) is 10.00 Å². The maximum Gasteiger partial charge on any atom is 0.274 e. The van der Waals surface area contributed by atoms with E-state index in [1.165, 1.54) is 19.4 Å². The Balaban J connectivity index is 1.35. The van der Waals surface area contributed by atoms with Crippen LogP contribution >= 0.6 is 0 Å². The van der Waals surface area contributed by atoms with Crippen LogP contribution in [0.3, 0.4) is 0 Å². The molecular formula is C21H28N4O2. The highest BCUT2D eigenvalue weighted by molar-refractivity contribution is 5.92. The number of amides is 1. The Bertz CT molecular complexity index is 770. The van der Waals surface area contributed by atoms with Gasteiger partial charge in [0.15, 0.2) is 5.69 Å². The van der Waals surface area contributed by atoms with E-state index >= 15 is 0 Å². The smallest absolute Gasteiger partial charge is 0.274 e. The minimum absolute atomic E-state index is 0.00781. The summed E-state index contributed by atoms with van der Waals surface area (Å²) >= 11 is 0. The normalized spacial score (nSPS) is 18.3. The fourth-order valence-electron chi connectivity index (χ4n) is 3.61. The molecule has 4 rings (SSSR count). The standard InChI is InChI=1S/C21H28N4O2/c1-23-20(27-16-18-6-3-2-4-7-18)14-19(22-23)21(26)25-11-5-10-24(12-13-25)15-17-8-9-17/h2-4,6-7,14,17H,5,8-13,15-16H2,1H3. The molecule has 0 N–H and O–H groups in total. The number of rotatable bonds is 6. The van der Waals surface area contributed by atoms with Gasteiger partial charge in [-0.15, -0.1) is 0 Å². The molecule has 0 atom stereocenters. The third kappa shape index (κ3) is 4.69. The molecule has 2 heterocycles. The molecule has 0 unspecified atom stereocenters. The molecule has 144 valence electrons. The third-order valence-electron chi connectivity index (χ3n) is 5.37. The SMILES string of the molecule is Cn1nc(C(=O)N2CCCN(CC3CC3)CC2)cc1OCc1ccccc1. The molecule has 2 aliphatic rings. The number of carbonyl (C=O) groups excluding carboxylic acids is 1. The Labute approximate surface area is 160 Å². The Kier molecular flexibility index (Phi) is 5.43. The summed E-state index contributed by atoms with van der Waals surface area (Å²) in [5.41, 5.74) is 1.56. The zero-order valence-electron chi connectivity index (χ0n) is 16.0. The van der Waals surface area contributed by atoms with Crippen LogP contribution in [-0.2, 0) is 13.7 Å². The van der Waals surface area contributed by atoms with Gasteiger partial charge in [0.05, 0.1) is 0 Å². The molecule has 2 fully saturated rings. The fourth-order valence-corrected chi connectivity index (χ4v) is 3.61. The van der Waals surface area contributed by atoms with E-state index in [9.17, 15) is 4.79 Å². The van der Waals surface area contributed by atoms with Crippen LogP contribution in [-0.4, -0.2) is 58.2 Å². The van der Waals surface area contributed by atoms with Gasteiger partial charge in [-0.2, -0.15) is 5.10 Å². The van der Waals surface area contributed by atoms with Crippen LogP contribution in [0.15, 0.2) is 36.4 Å². The summed E-state index contributed by atoms with van der Waals surface area (Å²) in [5, 5.41) is 4.39. The predicted molar refractivity (Wildman–Crippen MR) is 104 cm³/mol. The number of nitrogens with zero attached hydrogens (tertiary/aromatic N) is 4. The van der Waals surface area contributed by atoms with Crippen molar-refractivity contribution < 1.29 is 9.53 Å². The van der Waals surface area contributed by atoms with Crippen LogP contribution in [0.25, 0.3) is 0 Å². The van der Waals surface area contributed by atoms with Crippen molar-refractivity contribution in [3.8, 4) is 5.88 Å². The Hall–Kier alpha value is -2.34. The summed E-state index contributed by atoms with van der Waals surface area (Å²) in [6, 6.07) is 11.8. The minimum atomic E-state index is 0.00781. The number of hydrogen-bond acceptors (Lipinski definition) is 4. The molecule has 0 bridgehead atoms. The van der Waals surface area contributed by atoms with Crippen molar-refractivity contribution in [2.75, 3.05) is 32.7 Å². The van der Waals surface area contributed by atoms with E-state index in [0.29, 0.717) is 18.2 Å². The molecule has 6 heteroatoms. The lowest BCUT2D eigenvalue weighted by atomic mass is 10.2. The van der Waals surface area contributed by atoms with Crippen molar-refractivity contribution in [2.45, 2.75) is 25.9 Å². The second kappa shape index (κ2) is 8.13. The van der Waals surface area contributed by atoms with Gasteiger partial charge in [0.25, 0.3) is 5.91 Å². The van der Waals surface area contributed by atoms with Crippen LogP contribution in [0, 0.1) is 5.92 Å². The summed E-state index contributed by atoms with van der Waals surface area (Å²) < 4.78 is 7.50. The number of aromatic nitrogens is 2. The van der Waals surface area contributed by atoms with E-state index in [0.717, 1.165) is 44.1 Å². The highest BCUT2D eigenvalue weighted by atomic mass is 16.5. The topological polar surface area (TPSA) is 50.6 Å². The molecule has 1 amide bonds. The molecule has 6 nitrogen and oxygen atoms in total. The monoisotopic (exact) mass is 368 g/mol. The molecule has 1 aromatic carbocycles. The van der Waals surface area contributed by atoms with E-state index in [4.69, 9.17) is 4.74 Å². The Morgan fingerprint density at radius 1 is 1.15 bits per heavy atom. The highest BCUT2D eigenvalue weighted by Crippen LogP contribution is 2.30. The van der Waals surface area contributed by atoms with Gasteiger partial charge >= 0.3 is 0 Å². The van der Waals surface area contributed by atoms with Crippen molar-refractivity contribution in [1.82, 2.24) is 19.6 Å². The van der Waals surface area contributed by atoms with Gasteiger partial charge in [0.2, 0.25) is 5.88 Å². The molecule has 0 radical (unpaired) electrons. The van der Waals surface area contributed by atoms with Crippen molar-refractivity contribution in [1.29, 1.82) is 0 Å². The molecule has 1 aliphatic heterocycles. The average Bonchev–Trinajstić information content (AvgIpc) is 3.46. The molecule has 1 saturated heterocycles. The van der Waals surface area contributed by atoms with E-state index in [1.807, 2.05) is 42.3 Å². The summed E-state index contributed by atoms with van der Waals surface area (Å²) in [6.07, 6.45) is 3.78. The Morgan fingerprint density at radius 3 is 2.74 bits per heavy atom. The van der Waals surface area contributed by atoms with Crippen LogP contribution in [0.2, 0.25) is 0 Å². The minimum Gasteiger partial charge on any atom is -0.473 e. The van der Waals surface area contributed by atoms with Crippen molar-refractivity contribution in [3.63, 3.8) is 0 Å². The first-order valence-corrected chi connectivity index (χ1v) is 9.91. The van der Waals surface area contributed by atoms with Crippen molar-refractivity contribution in [3.05, 3.63) is 47.7 Å². The van der Waals surface area contributed by atoms with Gasteiger partial charge in [0.1, 0.15) is 6.61 Å². The maximum absolute atomic E-state index is 12.9. The second-order valence-corrected chi connectivity index (χ2v) is 7.66. The van der Waals surface area contributed by atoms with Crippen molar-refractivity contribution >= 4 is 5.91 Å². The molecular weight excluding hydrogens is 340 g/mol. The summed E-state index contributed by atoms with van der Waals surface area (Å²) in [6.45, 7) is 5.30. The van der Waals surface area contributed by atoms with Crippen LogP contribution < -0.4 is 4.74 Å². The lowest BCUT2D eigenvalue weighted by Gasteiger charge is -2.21. The summed E-state index contributed by atoms with van der Waals surface area (Å²) in [7, 11) is 1.82. The first kappa shape index (κ1) is 18.0. The number of aryl methyl sites for hydroxylation is 1. The van der Waals surface area contributed by atoms with E-state index in [1.54, 1.807) is 10.7 Å². The number of carbonyl (C=O) groups is 1. The summed E-state index contributed by atoms with van der Waals surface area (Å²) in [4.78, 5) is 17.4. The van der Waals surface area contributed by atoms with Crippen LogP contribution in [0.4, 0.5) is 0 Å². The third-order valence-corrected chi connectivity index (χ3v) is 5.37. The second-order valence-electron chi connectivity index (χ2n) is 7.66. The molecule has 27 heavy (non-hydrogen) atoms. The lowest BCUT2D eigenvalue weighted by Crippen LogP contribution is -2.36. The first-order valence-electron chi connectivity index (χ1n) is 9.91. The Morgan fingerprint density at radius 2 is 1.96 bits per heavy atom. The van der Waals surface area contributed by atoms with Gasteiger partial charge in [-0.1, -0.05) is 30.3 Å². The van der Waals surface area contributed by atoms with Gasteiger partial charge in [-0.3, -0.25) is 4.79 Å². The largest absolute Gasteiger partial charge is 0.473 e. The van der Waals surface area contributed by atoms with Crippen LogP contribution in [0.5, 0.6) is 5.88 Å². The van der Waals surface area contributed by atoms with Crippen molar-refractivity contribution in [2.24, 2.45) is 13.0 Å². The average molecular weight is 368 g/mol. The zero-order chi connectivity index (χ0) is 18.6. The molecule has 1 saturated carbocycles. The fraction of sp³-hybridized carbons (Fsp3) is 0.524. The van der Waals surface area contributed by atoms with Gasteiger partial charge in [-0.05, 0) is 37.3 Å². The van der Waals surface area contributed by atoms with Gasteiger partial charge < -0.3 is 14.5 Å². The molecule has 2 aromatic rings. The number of hydrogen-bond donors (Lipinski definition) is 0. The first-order chi connectivity index (χ1) is 13.2. The number of benzene rings is 1. The van der Waals surface area contributed by atoms with Crippen LogP contribution in [0.1, 0.15) is 35.3 Å². The number of ether oxygens (including phenoxy) is 1. The molecule has 1 aliphatic carbocycles. The lowest BCUT2D eigenvalue weighted by molar-refractivity contribution is 0.0754. The van der Waals surface area contributed by atoms with E-state index < -0.39 is 0 Å². The quantitative estimate of drug-likeness (QED) is 0.786. The van der Waals surface area contributed by atoms with Gasteiger partial charge in [-0.25, -0.2) is 4.68 Å². The molecule has 1 aromatic heterocycles. The maximum atomic E-state index is 12.9. The highest BCUT2D eigenvalue weighted by Gasteiger charge is 2.27. The molecule has 0 spiro atoms. The summed E-state index contributed by atoms with van der Waals surface area (Å²) in [5.74, 6) is 1.52. The predicted octanol–water partition coefficient (Wildman–Crippen LogP) is 2.56. The zero-order valence-corrected chi connectivity index (χ0v) is 16.0. The van der Waals surface area contributed by atoms with E-state index in [-0.39, 0.29) is 5.91 Å². The van der Waals surface area contributed by atoms with Gasteiger partial charge in [0, 0.05) is 39.3 Å².